The second-order valence-corrected chi connectivity index (χ2v) is 7.33. The van der Waals surface area contributed by atoms with E-state index >= 15 is 0 Å². The van der Waals surface area contributed by atoms with Crippen molar-refractivity contribution in [2.75, 3.05) is 34.0 Å². The zero-order valence-corrected chi connectivity index (χ0v) is 18.5. The van der Waals surface area contributed by atoms with Crippen LogP contribution in [0.4, 0.5) is 0 Å². The maximum Gasteiger partial charge on any atom is 0.295 e. The van der Waals surface area contributed by atoms with Crippen molar-refractivity contribution < 1.29 is 34.0 Å². The van der Waals surface area contributed by atoms with Gasteiger partial charge in [0.25, 0.3) is 11.7 Å². The Morgan fingerprint density at radius 3 is 2.47 bits per heavy atom. The van der Waals surface area contributed by atoms with Gasteiger partial charge in [0.05, 0.1) is 31.9 Å². The molecule has 8 nitrogen and oxygen atoms in total. The van der Waals surface area contributed by atoms with Gasteiger partial charge in [-0.1, -0.05) is 6.07 Å². The van der Waals surface area contributed by atoms with Gasteiger partial charge < -0.3 is 29.3 Å². The summed E-state index contributed by atoms with van der Waals surface area (Å²) >= 11 is 0. The molecule has 0 saturated carbocycles. The number of Topliss-reactive ketones (excluding diaryl/α,β-unsaturated/α-hetero) is 1. The molecule has 1 fully saturated rings. The zero-order chi connectivity index (χ0) is 23.4. The van der Waals surface area contributed by atoms with Crippen molar-refractivity contribution >= 4 is 17.4 Å². The average molecular weight is 441 g/mol. The van der Waals surface area contributed by atoms with Crippen LogP contribution in [0.1, 0.15) is 29.7 Å². The number of aromatic hydroxyl groups is 1. The lowest BCUT2D eigenvalue weighted by Gasteiger charge is -2.25. The highest BCUT2D eigenvalue weighted by atomic mass is 16.5. The van der Waals surface area contributed by atoms with E-state index in [0.717, 1.165) is 5.56 Å². The smallest absolute Gasteiger partial charge is 0.295 e. The molecule has 1 amide bonds. The molecule has 2 aromatic rings. The highest BCUT2D eigenvalue weighted by Crippen LogP contribution is 2.42. The molecule has 2 N–H and O–H groups in total. The summed E-state index contributed by atoms with van der Waals surface area (Å²) in [5.41, 5.74) is 1.64. The summed E-state index contributed by atoms with van der Waals surface area (Å²) in [6, 6.07) is 8.75. The number of aliphatic hydroxyl groups excluding tert-OH is 1. The molecule has 3 rings (SSSR count). The predicted octanol–water partition coefficient (Wildman–Crippen LogP) is 3.18. The van der Waals surface area contributed by atoms with Crippen LogP contribution in [0, 0.1) is 6.92 Å². The first kappa shape index (κ1) is 23.1. The van der Waals surface area contributed by atoms with Gasteiger partial charge in [-0.3, -0.25) is 9.59 Å². The lowest BCUT2D eigenvalue weighted by molar-refractivity contribution is -0.140. The molecule has 1 saturated heterocycles. The Balaban J connectivity index is 2.19. The number of hydrogen-bond acceptors (Lipinski definition) is 7. The molecule has 32 heavy (non-hydrogen) atoms. The second kappa shape index (κ2) is 9.74. The Bertz CT molecular complexity index is 1060. The number of ketones is 1. The number of carbonyl (C=O) groups excluding carboxylic acids is 2. The number of methoxy groups -OCH3 is 2. The van der Waals surface area contributed by atoms with Crippen molar-refractivity contribution in [3.05, 3.63) is 58.7 Å². The number of carbonyl (C=O) groups is 2. The van der Waals surface area contributed by atoms with E-state index in [0.29, 0.717) is 23.5 Å². The van der Waals surface area contributed by atoms with Crippen LogP contribution in [0.15, 0.2) is 42.0 Å². The number of likely N-dealkylation sites (tertiary alicyclic amines) is 1. The van der Waals surface area contributed by atoms with Crippen molar-refractivity contribution in [3.8, 4) is 17.2 Å². The normalized spacial score (nSPS) is 17.6. The summed E-state index contributed by atoms with van der Waals surface area (Å²) < 4.78 is 15.8. The van der Waals surface area contributed by atoms with Gasteiger partial charge in [0.2, 0.25) is 0 Å². The molecule has 2 aromatic carbocycles. The van der Waals surface area contributed by atoms with Crippen molar-refractivity contribution in [2.45, 2.75) is 19.9 Å². The highest BCUT2D eigenvalue weighted by Gasteiger charge is 2.46. The summed E-state index contributed by atoms with van der Waals surface area (Å²) in [4.78, 5) is 27.2. The number of ether oxygens (including phenoxy) is 3. The Labute approximate surface area is 186 Å². The van der Waals surface area contributed by atoms with Crippen LogP contribution < -0.4 is 9.47 Å². The monoisotopic (exact) mass is 441 g/mol. The van der Waals surface area contributed by atoms with E-state index in [1.807, 2.05) is 6.92 Å². The fourth-order valence-electron chi connectivity index (χ4n) is 3.80. The van der Waals surface area contributed by atoms with Crippen LogP contribution in [0.25, 0.3) is 5.76 Å². The first-order valence-corrected chi connectivity index (χ1v) is 10.2. The Hall–Kier alpha value is -3.52. The van der Waals surface area contributed by atoms with Crippen LogP contribution >= 0.6 is 0 Å². The molecule has 0 spiro atoms. The van der Waals surface area contributed by atoms with Gasteiger partial charge in [-0.25, -0.2) is 0 Å². The minimum Gasteiger partial charge on any atom is -0.507 e. The van der Waals surface area contributed by atoms with E-state index in [9.17, 15) is 19.8 Å². The molecule has 0 aliphatic carbocycles. The van der Waals surface area contributed by atoms with Crippen molar-refractivity contribution in [1.29, 1.82) is 0 Å². The highest BCUT2D eigenvalue weighted by molar-refractivity contribution is 6.46. The summed E-state index contributed by atoms with van der Waals surface area (Å²) in [5.74, 6) is -1.01. The van der Waals surface area contributed by atoms with Gasteiger partial charge >= 0.3 is 0 Å². The minimum absolute atomic E-state index is 0.0381. The summed E-state index contributed by atoms with van der Waals surface area (Å²) in [6.45, 7) is 4.28. The number of nitrogens with zero attached hydrogens (tertiary/aromatic N) is 1. The Kier molecular flexibility index (Phi) is 7.05. The van der Waals surface area contributed by atoms with Crippen molar-refractivity contribution in [3.63, 3.8) is 0 Å². The first-order chi connectivity index (χ1) is 15.3. The number of phenolic OH excluding ortho intramolecular Hbond substituents is 1. The first-order valence-electron chi connectivity index (χ1n) is 10.2. The number of benzene rings is 2. The lowest BCUT2D eigenvalue weighted by Crippen LogP contribution is -2.32. The van der Waals surface area contributed by atoms with Gasteiger partial charge in [0, 0.05) is 19.2 Å². The number of aryl methyl sites for hydroxylation is 1. The second-order valence-electron chi connectivity index (χ2n) is 7.33. The quantitative estimate of drug-likeness (QED) is 0.368. The van der Waals surface area contributed by atoms with E-state index in [2.05, 4.69) is 0 Å². The number of rotatable bonds is 8. The fraction of sp³-hybridized carbons (Fsp3) is 0.333. The van der Waals surface area contributed by atoms with Gasteiger partial charge in [-0.2, -0.15) is 0 Å². The van der Waals surface area contributed by atoms with Crippen LogP contribution in [-0.2, 0) is 14.3 Å². The van der Waals surface area contributed by atoms with Crippen LogP contribution in [0.5, 0.6) is 17.2 Å². The molecule has 170 valence electrons. The fourth-order valence-corrected chi connectivity index (χ4v) is 3.80. The molecule has 0 radical (unpaired) electrons. The van der Waals surface area contributed by atoms with E-state index in [1.165, 1.54) is 18.1 Å². The van der Waals surface area contributed by atoms with Gasteiger partial charge in [0.15, 0.2) is 11.5 Å². The lowest BCUT2D eigenvalue weighted by atomic mass is 9.94. The number of amides is 1. The third kappa shape index (κ3) is 4.27. The summed E-state index contributed by atoms with van der Waals surface area (Å²) in [6.07, 6.45) is 0. The Morgan fingerprint density at radius 2 is 1.84 bits per heavy atom. The molecule has 8 heteroatoms. The predicted molar refractivity (Wildman–Crippen MR) is 118 cm³/mol. The molecule has 1 heterocycles. The SMILES string of the molecule is CCOc1cc([C@H]2/C(=C(\O)c3ccc(OC)c(C)c3)C(=O)C(=O)N2CCOC)ccc1O. The average Bonchev–Trinajstić information content (AvgIpc) is 3.03. The standard InChI is InChI=1S/C24H27NO7/c1-5-32-19-13-15(6-8-17(19)26)21-20(23(28)24(29)25(21)10-11-30-3)22(27)16-7-9-18(31-4)14(2)12-16/h6-9,12-13,21,26-27H,5,10-11H2,1-4H3/b22-20+/t21-/m0/s1. The topological polar surface area (TPSA) is 106 Å². The largest absolute Gasteiger partial charge is 0.507 e. The molecule has 0 bridgehead atoms. The number of phenols is 1. The molecule has 0 aromatic heterocycles. The maximum absolute atomic E-state index is 13.0. The van der Waals surface area contributed by atoms with Crippen LogP contribution in [0.2, 0.25) is 0 Å². The van der Waals surface area contributed by atoms with Crippen LogP contribution in [-0.4, -0.2) is 60.8 Å². The van der Waals surface area contributed by atoms with Gasteiger partial charge in [0.1, 0.15) is 11.5 Å². The summed E-state index contributed by atoms with van der Waals surface area (Å²) in [7, 11) is 3.05. The molecule has 1 aliphatic rings. The van der Waals surface area contributed by atoms with E-state index < -0.39 is 17.7 Å². The number of hydrogen-bond donors (Lipinski definition) is 2. The number of aliphatic hydroxyl groups is 1. The van der Waals surface area contributed by atoms with Gasteiger partial charge in [-0.05, 0) is 55.3 Å². The van der Waals surface area contributed by atoms with Crippen molar-refractivity contribution in [2.24, 2.45) is 0 Å². The molecule has 1 aliphatic heterocycles. The molecule has 0 unspecified atom stereocenters. The zero-order valence-electron chi connectivity index (χ0n) is 18.5. The summed E-state index contributed by atoms with van der Waals surface area (Å²) in [5, 5.41) is 21.2. The minimum atomic E-state index is -0.868. The molecule has 1 atom stereocenters. The third-order valence-electron chi connectivity index (χ3n) is 5.34. The van der Waals surface area contributed by atoms with E-state index in [1.54, 1.807) is 44.4 Å². The van der Waals surface area contributed by atoms with Crippen molar-refractivity contribution in [1.82, 2.24) is 4.90 Å². The molecular weight excluding hydrogens is 414 g/mol. The van der Waals surface area contributed by atoms with Crippen LogP contribution in [0.3, 0.4) is 0 Å². The van der Waals surface area contributed by atoms with Gasteiger partial charge in [-0.15, -0.1) is 0 Å². The molecular formula is C24H27NO7. The van der Waals surface area contributed by atoms with E-state index in [-0.39, 0.29) is 36.0 Å². The maximum atomic E-state index is 13.0. The van der Waals surface area contributed by atoms with E-state index in [4.69, 9.17) is 14.2 Å². The third-order valence-corrected chi connectivity index (χ3v) is 5.34. The Morgan fingerprint density at radius 1 is 1.09 bits per heavy atom.